The predicted octanol–water partition coefficient (Wildman–Crippen LogP) is 4.04. The molecule has 1 nitrogen and oxygen atoms in total. The van der Waals surface area contributed by atoms with E-state index in [1.165, 1.54) is 18.4 Å². The molecule has 92 valence electrons. The molecule has 1 fully saturated rings. The standard InChI is InChI=1S/C15H20ClN/c1-12(16)10-17(13(2)15-8-9-15)11-14-6-4-3-5-7-14/h3-7,13,15H,1,8-11H2,2H3. The van der Waals surface area contributed by atoms with E-state index in [9.17, 15) is 0 Å². The van der Waals surface area contributed by atoms with E-state index in [0.29, 0.717) is 6.04 Å². The molecule has 1 aromatic carbocycles. The molecule has 17 heavy (non-hydrogen) atoms. The van der Waals surface area contributed by atoms with E-state index in [2.05, 4.69) is 48.7 Å². The van der Waals surface area contributed by atoms with Crippen molar-refractivity contribution in [3.05, 3.63) is 47.5 Å². The summed E-state index contributed by atoms with van der Waals surface area (Å²) >= 11 is 5.97. The quantitative estimate of drug-likeness (QED) is 0.736. The summed E-state index contributed by atoms with van der Waals surface area (Å²) < 4.78 is 0. The third-order valence-electron chi connectivity index (χ3n) is 3.48. The molecular weight excluding hydrogens is 230 g/mol. The van der Waals surface area contributed by atoms with Crippen LogP contribution < -0.4 is 0 Å². The van der Waals surface area contributed by atoms with Gasteiger partial charge < -0.3 is 0 Å². The van der Waals surface area contributed by atoms with Crippen LogP contribution in [0, 0.1) is 5.92 Å². The maximum absolute atomic E-state index is 5.97. The van der Waals surface area contributed by atoms with E-state index in [1.807, 2.05) is 0 Å². The maximum atomic E-state index is 5.97. The highest BCUT2D eigenvalue weighted by atomic mass is 35.5. The SMILES string of the molecule is C=C(Cl)CN(Cc1ccccc1)C(C)C1CC1. The smallest absolute Gasteiger partial charge is 0.0342 e. The normalized spacial score (nSPS) is 17.1. The lowest BCUT2D eigenvalue weighted by molar-refractivity contribution is 0.200. The molecule has 0 aromatic heterocycles. The second-order valence-corrected chi connectivity index (χ2v) is 5.52. The molecule has 1 aromatic rings. The maximum Gasteiger partial charge on any atom is 0.0342 e. The molecule has 0 N–H and O–H groups in total. The molecular formula is C15H20ClN. The van der Waals surface area contributed by atoms with Crippen LogP contribution in [0.1, 0.15) is 25.3 Å². The van der Waals surface area contributed by atoms with Gasteiger partial charge in [-0.3, -0.25) is 4.90 Å². The average Bonchev–Trinajstić information content (AvgIpc) is 3.12. The van der Waals surface area contributed by atoms with Gasteiger partial charge >= 0.3 is 0 Å². The molecule has 0 saturated heterocycles. The number of benzene rings is 1. The lowest BCUT2D eigenvalue weighted by atomic mass is 10.1. The summed E-state index contributed by atoms with van der Waals surface area (Å²) in [6.07, 6.45) is 2.72. The van der Waals surface area contributed by atoms with Crippen molar-refractivity contribution in [3.63, 3.8) is 0 Å². The zero-order chi connectivity index (χ0) is 12.3. The summed E-state index contributed by atoms with van der Waals surface area (Å²) in [6.45, 7) is 7.88. The Morgan fingerprint density at radius 3 is 2.59 bits per heavy atom. The number of hydrogen-bond donors (Lipinski definition) is 0. The zero-order valence-electron chi connectivity index (χ0n) is 10.4. The van der Waals surface area contributed by atoms with Crippen LogP contribution in [0.25, 0.3) is 0 Å². The molecule has 1 atom stereocenters. The van der Waals surface area contributed by atoms with Gasteiger partial charge in [0, 0.05) is 24.2 Å². The van der Waals surface area contributed by atoms with Crippen molar-refractivity contribution in [1.29, 1.82) is 0 Å². The van der Waals surface area contributed by atoms with E-state index >= 15 is 0 Å². The fourth-order valence-electron chi connectivity index (χ4n) is 2.26. The van der Waals surface area contributed by atoms with E-state index in [4.69, 9.17) is 11.6 Å². The zero-order valence-corrected chi connectivity index (χ0v) is 11.2. The third-order valence-corrected chi connectivity index (χ3v) is 3.60. The van der Waals surface area contributed by atoms with Crippen molar-refractivity contribution in [2.45, 2.75) is 32.4 Å². The Balaban J connectivity index is 2.01. The van der Waals surface area contributed by atoms with Gasteiger partial charge in [-0.05, 0) is 31.2 Å². The van der Waals surface area contributed by atoms with Crippen molar-refractivity contribution in [3.8, 4) is 0 Å². The van der Waals surface area contributed by atoms with Crippen LogP contribution in [0.4, 0.5) is 0 Å². The van der Waals surface area contributed by atoms with Gasteiger partial charge in [0.05, 0.1) is 0 Å². The molecule has 1 saturated carbocycles. The fourth-order valence-corrected chi connectivity index (χ4v) is 2.41. The van der Waals surface area contributed by atoms with Crippen LogP contribution in [0.3, 0.4) is 0 Å². The highest BCUT2D eigenvalue weighted by molar-refractivity contribution is 6.29. The number of halogens is 1. The largest absolute Gasteiger partial charge is 0.291 e. The van der Waals surface area contributed by atoms with Crippen LogP contribution in [-0.2, 0) is 6.54 Å². The molecule has 2 rings (SSSR count). The second-order valence-electron chi connectivity index (χ2n) is 4.99. The number of nitrogens with zero attached hydrogens (tertiary/aromatic N) is 1. The minimum Gasteiger partial charge on any atom is -0.291 e. The lowest BCUT2D eigenvalue weighted by Crippen LogP contribution is -2.35. The molecule has 0 bridgehead atoms. The second kappa shape index (κ2) is 5.70. The van der Waals surface area contributed by atoms with Gasteiger partial charge in [-0.2, -0.15) is 0 Å². The first-order valence-electron chi connectivity index (χ1n) is 6.28. The first kappa shape index (κ1) is 12.7. The Morgan fingerprint density at radius 2 is 2.06 bits per heavy atom. The lowest BCUT2D eigenvalue weighted by Gasteiger charge is -2.29. The molecule has 1 unspecified atom stereocenters. The Bertz CT molecular complexity index is 370. The van der Waals surface area contributed by atoms with Crippen molar-refractivity contribution >= 4 is 11.6 Å². The molecule has 0 spiro atoms. The molecule has 0 amide bonds. The van der Waals surface area contributed by atoms with Crippen LogP contribution in [0.5, 0.6) is 0 Å². The van der Waals surface area contributed by atoms with E-state index < -0.39 is 0 Å². The van der Waals surface area contributed by atoms with Gasteiger partial charge in [-0.1, -0.05) is 48.5 Å². The topological polar surface area (TPSA) is 3.24 Å². The van der Waals surface area contributed by atoms with Crippen LogP contribution in [-0.4, -0.2) is 17.5 Å². The van der Waals surface area contributed by atoms with Gasteiger partial charge in [0.1, 0.15) is 0 Å². The van der Waals surface area contributed by atoms with E-state index in [0.717, 1.165) is 24.0 Å². The highest BCUT2D eigenvalue weighted by Gasteiger charge is 2.31. The molecule has 0 radical (unpaired) electrons. The van der Waals surface area contributed by atoms with Crippen LogP contribution in [0.15, 0.2) is 41.9 Å². The molecule has 0 heterocycles. The first-order valence-corrected chi connectivity index (χ1v) is 6.66. The van der Waals surface area contributed by atoms with Crippen molar-refractivity contribution < 1.29 is 0 Å². The van der Waals surface area contributed by atoms with Gasteiger partial charge in [0.25, 0.3) is 0 Å². The van der Waals surface area contributed by atoms with Crippen LogP contribution in [0.2, 0.25) is 0 Å². The Morgan fingerprint density at radius 1 is 1.41 bits per heavy atom. The number of hydrogen-bond acceptors (Lipinski definition) is 1. The summed E-state index contributed by atoms with van der Waals surface area (Å²) in [5.41, 5.74) is 1.35. The number of rotatable bonds is 6. The first-order chi connectivity index (χ1) is 8.16. The fraction of sp³-hybridized carbons (Fsp3) is 0.467. The third kappa shape index (κ3) is 3.86. The summed E-state index contributed by atoms with van der Waals surface area (Å²) in [4.78, 5) is 2.43. The van der Waals surface area contributed by atoms with Crippen molar-refractivity contribution in [1.82, 2.24) is 4.90 Å². The van der Waals surface area contributed by atoms with Gasteiger partial charge in [0.15, 0.2) is 0 Å². The molecule has 1 aliphatic rings. The summed E-state index contributed by atoms with van der Waals surface area (Å²) in [6, 6.07) is 11.2. The van der Waals surface area contributed by atoms with E-state index in [-0.39, 0.29) is 0 Å². The predicted molar refractivity (Wildman–Crippen MR) is 74.0 cm³/mol. The summed E-state index contributed by atoms with van der Waals surface area (Å²) in [7, 11) is 0. The molecule has 2 heteroatoms. The molecule has 0 aliphatic heterocycles. The Hall–Kier alpha value is -0.790. The molecule has 1 aliphatic carbocycles. The highest BCUT2D eigenvalue weighted by Crippen LogP contribution is 2.35. The summed E-state index contributed by atoms with van der Waals surface area (Å²) in [5, 5.41) is 0.730. The van der Waals surface area contributed by atoms with Crippen molar-refractivity contribution in [2.24, 2.45) is 5.92 Å². The van der Waals surface area contributed by atoms with Crippen LogP contribution >= 0.6 is 11.6 Å². The van der Waals surface area contributed by atoms with Gasteiger partial charge in [-0.25, -0.2) is 0 Å². The monoisotopic (exact) mass is 249 g/mol. The average molecular weight is 250 g/mol. The van der Waals surface area contributed by atoms with Gasteiger partial charge in [-0.15, -0.1) is 0 Å². The minimum atomic E-state index is 0.603. The van der Waals surface area contributed by atoms with Gasteiger partial charge in [0.2, 0.25) is 0 Å². The van der Waals surface area contributed by atoms with E-state index in [1.54, 1.807) is 0 Å². The Labute approximate surface area is 109 Å². The van der Waals surface area contributed by atoms with Crippen molar-refractivity contribution in [2.75, 3.05) is 6.54 Å². The Kier molecular flexibility index (Phi) is 4.25. The minimum absolute atomic E-state index is 0.603. The summed E-state index contributed by atoms with van der Waals surface area (Å²) in [5.74, 6) is 0.856.